The fourth-order valence-electron chi connectivity index (χ4n) is 5.10. The Labute approximate surface area is 203 Å². The monoisotopic (exact) mass is 472 g/mol. The molecule has 34 heavy (non-hydrogen) atoms. The molecule has 3 N–H and O–H groups in total. The highest BCUT2D eigenvalue weighted by Gasteiger charge is 2.56. The lowest BCUT2D eigenvalue weighted by atomic mass is 9.73. The molecule has 0 aromatic carbocycles. The lowest BCUT2D eigenvalue weighted by molar-refractivity contribution is -0.143. The van der Waals surface area contributed by atoms with E-state index in [1.165, 1.54) is 0 Å². The Morgan fingerprint density at radius 1 is 1.21 bits per heavy atom. The molecule has 7 unspecified atom stereocenters. The van der Waals surface area contributed by atoms with Gasteiger partial charge in [0.2, 0.25) is 5.91 Å². The predicted molar refractivity (Wildman–Crippen MR) is 131 cm³/mol. The normalized spacial score (nSPS) is 37.7. The van der Waals surface area contributed by atoms with E-state index in [2.05, 4.69) is 10.3 Å². The van der Waals surface area contributed by atoms with Crippen molar-refractivity contribution in [3.8, 4) is 0 Å². The van der Waals surface area contributed by atoms with Gasteiger partial charge in [-0.3, -0.25) is 14.6 Å². The Morgan fingerprint density at radius 2 is 1.91 bits per heavy atom. The summed E-state index contributed by atoms with van der Waals surface area (Å²) >= 11 is 0. The van der Waals surface area contributed by atoms with Gasteiger partial charge in [-0.2, -0.15) is 0 Å². The van der Waals surface area contributed by atoms with E-state index in [-0.39, 0.29) is 41.8 Å². The zero-order valence-corrected chi connectivity index (χ0v) is 21.2. The van der Waals surface area contributed by atoms with Gasteiger partial charge in [0.1, 0.15) is 11.9 Å². The number of pyridine rings is 1. The number of ether oxygens (including phenoxy) is 1. The highest BCUT2D eigenvalue weighted by atomic mass is 16.6. The summed E-state index contributed by atoms with van der Waals surface area (Å²) in [6.45, 7) is 10.9. The Bertz CT molecular complexity index is 915. The molecule has 2 saturated heterocycles. The Morgan fingerprint density at radius 3 is 2.56 bits per heavy atom. The maximum absolute atomic E-state index is 13.2. The van der Waals surface area contributed by atoms with Crippen molar-refractivity contribution in [2.45, 2.75) is 97.2 Å². The highest BCUT2D eigenvalue weighted by Crippen LogP contribution is 2.45. The number of amides is 1. The molecule has 0 radical (unpaired) electrons. The SMILES string of the molecule is CC(=Cc1ccccn1)C1NC(=O)CC(O)C(C)(C)C(=O)C(C)C(O)C(C)CCCC2(C)OC12. The first-order valence-electron chi connectivity index (χ1n) is 12.3. The third kappa shape index (κ3) is 5.75. The van der Waals surface area contributed by atoms with Gasteiger partial charge < -0.3 is 20.3 Å². The van der Waals surface area contributed by atoms with E-state index in [1.54, 1.807) is 27.0 Å². The number of rotatable bonds is 2. The van der Waals surface area contributed by atoms with Crippen LogP contribution in [0.1, 0.15) is 72.9 Å². The molecule has 2 fully saturated rings. The molecule has 7 heteroatoms. The molecule has 3 heterocycles. The third-order valence-electron chi connectivity index (χ3n) is 7.80. The number of hydrogen-bond donors (Lipinski definition) is 3. The summed E-state index contributed by atoms with van der Waals surface area (Å²) < 4.78 is 6.14. The van der Waals surface area contributed by atoms with Gasteiger partial charge in [0.15, 0.2) is 0 Å². The van der Waals surface area contributed by atoms with Crippen molar-refractivity contribution in [2.24, 2.45) is 17.3 Å². The minimum absolute atomic E-state index is 0.0702. The summed E-state index contributed by atoms with van der Waals surface area (Å²) in [5.41, 5.74) is 0.140. The molecule has 1 aromatic rings. The summed E-state index contributed by atoms with van der Waals surface area (Å²) in [6.07, 6.45) is 3.63. The standard InChI is InChI=1S/C27H40N2O5/c1-16-10-9-12-27(6)25(34-27)22(17(2)14-19-11-7-8-13-28-19)29-21(31)15-20(30)26(4,5)24(33)18(3)23(16)32/h7-8,11,13-14,16,18,20,22-23,25,30,32H,9-10,12,15H2,1-6H3,(H,29,31). The molecule has 1 amide bonds. The van der Waals surface area contributed by atoms with E-state index in [1.807, 2.05) is 45.0 Å². The van der Waals surface area contributed by atoms with Crippen molar-refractivity contribution in [3.05, 3.63) is 35.7 Å². The second kappa shape index (κ2) is 10.3. The van der Waals surface area contributed by atoms with Gasteiger partial charge >= 0.3 is 0 Å². The summed E-state index contributed by atoms with van der Waals surface area (Å²) in [5.74, 6) is -1.28. The quantitative estimate of drug-likeness (QED) is 0.570. The Kier molecular flexibility index (Phi) is 8.00. The Hall–Kier alpha value is -2.09. The van der Waals surface area contributed by atoms with Crippen molar-refractivity contribution in [1.82, 2.24) is 10.3 Å². The second-order valence-electron chi connectivity index (χ2n) is 11.0. The van der Waals surface area contributed by atoms with E-state index in [0.29, 0.717) is 0 Å². The number of aromatic nitrogens is 1. The zero-order chi connectivity index (χ0) is 25.3. The number of ketones is 1. The first kappa shape index (κ1) is 26.5. The molecule has 7 nitrogen and oxygen atoms in total. The van der Waals surface area contributed by atoms with Crippen molar-refractivity contribution in [1.29, 1.82) is 0 Å². The fraction of sp³-hybridized carbons (Fsp3) is 0.667. The van der Waals surface area contributed by atoms with Crippen LogP contribution in [0.4, 0.5) is 0 Å². The van der Waals surface area contributed by atoms with Crippen LogP contribution in [0.15, 0.2) is 30.0 Å². The molecule has 2 aliphatic heterocycles. The predicted octanol–water partition coefficient (Wildman–Crippen LogP) is 3.29. The smallest absolute Gasteiger partial charge is 0.223 e. The molecular formula is C27H40N2O5. The third-order valence-corrected chi connectivity index (χ3v) is 7.80. The first-order chi connectivity index (χ1) is 15.9. The van der Waals surface area contributed by atoms with Gasteiger partial charge in [-0.25, -0.2) is 0 Å². The molecule has 7 atom stereocenters. The molecule has 0 spiro atoms. The van der Waals surface area contributed by atoms with Crippen molar-refractivity contribution >= 4 is 17.8 Å². The van der Waals surface area contributed by atoms with Crippen LogP contribution in [0.25, 0.3) is 6.08 Å². The molecule has 0 aliphatic carbocycles. The number of hydrogen-bond acceptors (Lipinski definition) is 6. The van der Waals surface area contributed by atoms with Gasteiger partial charge in [0, 0.05) is 12.1 Å². The molecule has 0 bridgehead atoms. The topological polar surface area (TPSA) is 112 Å². The highest BCUT2D eigenvalue weighted by molar-refractivity contribution is 5.88. The minimum atomic E-state index is -1.18. The van der Waals surface area contributed by atoms with Gasteiger partial charge in [0.25, 0.3) is 0 Å². The number of carbonyl (C=O) groups excluding carboxylic acids is 2. The van der Waals surface area contributed by atoms with E-state index in [9.17, 15) is 19.8 Å². The van der Waals surface area contributed by atoms with Crippen LogP contribution in [0.3, 0.4) is 0 Å². The van der Waals surface area contributed by atoms with Crippen LogP contribution in [-0.2, 0) is 14.3 Å². The van der Waals surface area contributed by atoms with Gasteiger partial charge in [0.05, 0.1) is 41.4 Å². The zero-order valence-electron chi connectivity index (χ0n) is 21.2. The van der Waals surface area contributed by atoms with E-state index in [0.717, 1.165) is 30.5 Å². The van der Waals surface area contributed by atoms with E-state index < -0.39 is 23.5 Å². The van der Waals surface area contributed by atoms with Crippen LogP contribution in [0.5, 0.6) is 0 Å². The van der Waals surface area contributed by atoms with Gasteiger partial charge in [-0.05, 0) is 56.4 Å². The van der Waals surface area contributed by atoms with Crippen molar-refractivity contribution < 1.29 is 24.5 Å². The first-order valence-corrected chi connectivity index (χ1v) is 12.3. The van der Waals surface area contributed by atoms with E-state index >= 15 is 0 Å². The number of carbonyl (C=O) groups is 2. The Balaban J connectivity index is 1.90. The van der Waals surface area contributed by atoms with Crippen LogP contribution in [-0.4, -0.2) is 56.8 Å². The number of aliphatic hydroxyl groups excluding tert-OH is 2. The fourth-order valence-corrected chi connectivity index (χ4v) is 5.10. The number of nitrogens with zero attached hydrogens (tertiary/aromatic N) is 1. The molecule has 0 saturated carbocycles. The molecule has 2 aliphatic rings. The van der Waals surface area contributed by atoms with Gasteiger partial charge in [-0.15, -0.1) is 0 Å². The average Bonchev–Trinajstić information content (AvgIpc) is 3.46. The molecule has 188 valence electrons. The molecule has 3 rings (SSSR count). The largest absolute Gasteiger partial charge is 0.392 e. The summed E-state index contributed by atoms with van der Waals surface area (Å²) in [4.78, 5) is 30.6. The number of fused-ring (bicyclic) bond motifs is 1. The lowest BCUT2D eigenvalue weighted by Crippen LogP contribution is -2.48. The number of nitrogens with one attached hydrogen (secondary N) is 1. The van der Waals surface area contributed by atoms with Crippen molar-refractivity contribution in [2.75, 3.05) is 0 Å². The maximum atomic E-state index is 13.2. The van der Waals surface area contributed by atoms with Crippen LogP contribution in [0, 0.1) is 17.3 Å². The van der Waals surface area contributed by atoms with Gasteiger partial charge in [-0.1, -0.05) is 40.2 Å². The summed E-state index contributed by atoms with van der Waals surface area (Å²) in [7, 11) is 0. The second-order valence-corrected chi connectivity index (χ2v) is 11.0. The number of epoxide rings is 1. The summed E-state index contributed by atoms with van der Waals surface area (Å²) in [5, 5.41) is 24.8. The molecular weight excluding hydrogens is 432 g/mol. The van der Waals surface area contributed by atoms with E-state index in [4.69, 9.17) is 4.74 Å². The minimum Gasteiger partial charge on any atom is -0.392 e. The maximum Gasteiger partial charge on any atom is 0.223 e. The van der Waals surface area contributed by atoms with Crippen LogP contribution in [0.2, 0.25) is 0 Å². The molecule has 1 aromatic heterocycles. The summed E-state index contributed by atoms with van der Waals surface area (Å²) in [6, 6.07) is 5.28. The number of Topliss-reactive ketones (excluding diaryl/α,β-unsaturated/α-hetero) is 1. The number of aliphatic hydroxyl groups is 2. The van der Waals surface area contributed by atoms with Crippen LogP contribution >= 0.6 is 0 Å². The van der Waals surface area contributed by atoms with Crippen LogP contribution < -0.4 is 5.32 Å². The average molecular weight is 473 g/mol. The van der Waals surface area contributed by atoms with Crippen molar-refractivity contribution in [3.63, 3.8) is 0 Å². The lowest BCUT2D eigenvalue weighted by Gasteiger charge is -2.34.